The van der Waals surface area contributed by atoms with Crippen LogP contribution in [0.3, 0.4) is 0 Å². The molecule has 122 valence electrons. The number of hydrogen-bond acceptors (Lipinski definition) is 5. The van der Waals surface area contributed by atoms with Gasteiger partial charge in [0.25, 0.3) is 11.1 Å². The van der Waals surface area contributed by atoms with E-state index in [1.165, 1.54) is 17.3 Å². The molecule has 2 rings (SSSR count). The van der Waals surface area contributed by atoms with Gasteiger partial charge in [0.2, 0.25) is 5.89 Å². The Balaban J connectivity index is 1.91. The average molecular weight is 331 g/mol. The van der Waals surface area contributed by atoms with Crippen LogP contribution in [0.25, 0.3) is 0 Å². The Hall–Kier alpha value is -2.08. The Morgan fingerprint density at radius 3 is 2.61 bits per heavy atom. The summed E-state index contributed by atoms with van der Waals surface area (Å²) in [5, 5.41) is 11.0. The highest BCUT2D eigenvalue weighted by Crippen LogP contribution is 2.22. The minimum absolute atomic E-state index is 0.0677. The van der Waals surface area contributed by atoms with Gasteiger partial charge >= 0.3 is 0 Å². The minimum Gasteiger partial charge on any atom is -0.414 e. The summed E-state index contributed by atoms with van der Waals surface area (Å²) in [6.07, 6.45) is 1.76. The first-order valence-corrected chi connectivity index (χ1v) is 8.33. The van der Waals surface area contributed by atoms with Gasteiger partial charge in [0, 0.05) is 11.3 Å². The molecule has 0 fully saturated rings. The maximum absolute atomic E-state index is 12.1. The van der Waals surface area contributed by atoms with E-state index in [0.29, 0.717) is 22.4 Å². The Labute approximate surface area is 140 Å². The zero-order valence-electron chi connectivity index (χ0n) is 13.6. The summed E-state index contributed by atoms with van der Waals surface area (Å²) >= 11 is 1.40. The van der Waals surface area contributed by atoms with Gasteiger partial charge in [-0.3, -0.25) is 4.79 Å². The van der Waals surface area contributed by atoms with Crippen molar-refractivity contribution in [2.75, 3.05) is 5.75 Å². The van der Waals surface area contributed by atoms with Gasteiger partial charge in [0.1, 0.15) is 0 Å². The topological polar surface area (TPSA) is 68.0 Å². The third-order valence-electron chi connectivity index (χ3n) is 3.19. The Bertz CT molecular complexity index is 672. The smallest absolute Gasteiger partial charge is 0.276 e. The predicted molar refractivity (Wildman–Crippen MR) is 91.5 cm³/mol. The molecule has 6 heteroatoms. The van der Waals surface area contributed by atoms with E-state index < -0.39 is 0 Å². The van der Waals surface area contributed by atoms with Gasteiger partial charge in [-0.25, -0.2) is 0 Å². The second kappa shape index (κ2) is 7.46. The quantitative estimate of drug-likeness (QED) is 0.647. The molecule has 1 heterocycles. The van der Waals surface area contributed by atoms with Crippen molar-refractivity contribution in [1.29, 1.82) is 0 Å². The lowest BCUT2D eigenvalue weighted by molar-refractivity contribution is 0.0946. The molecule has 1 aromatic heterocycles. The summed E-state index contributed by atoms with van der Waals surface area (Å²) < 4.78 is 5.41. The van der Waals surface area contributed by atoms with Crippen molar-refractivity contribution in [2.24, 2.45) is 0 Å². The Morgan fingerprint density at radius 1 is 1.30 bits per heavy atom. The fourth-order valence-electron chi connectivity index (χ4n) is 1.88. The van der Waals surface area contributed by atoms with Gasteiger partial charge in [-0.2, -0.15) is 0 Å². The number of hydrogen-bond donors (Lipinski definition) is 1. The fourth-order valence-corrected chi connectivity index (χ4v) is 2.39. The lowest BCUT2D eigenvalue weighted by Gasteiger charge is -2.18. The molecule has 23 heavy (non-hydrogen) atoms. The number of carbonyl (C=O) groups is 1. The molecule has 0 saturated heterocycles. The van der Waals surface area contributed by atoms with E-state index >= 15 is 0 Å². The van der Waals surface area contributed by atoms with Crippen LogP contribution in [-0.2, 0) is 12.0 Å². The lowest BCUT2D eigenvalue weighted by atomic mass is 9.87. The number of rotatable bonds is 6. The molecule has 0 aliphatic rings. The first-order valence-electron chi connectivity index (χ1n) is 7.35. The fraction of sp³-hybridized carbons (Fsp3) is 0.353. The maximum Gasteiger partial charge on any atom is 0.276 e. The molecule has 1 N–H and O–H groups in total. The Kier molecular flexibility index (Phi) is 5.60. The Morgan fingerprint density at radius 2 is 2.00 bits per heavy atom. The van der Waals surface area contributed by atoms with E-state index in [0.717, 1.165) is 0 Å². The van der Waals surface area contributed by atoms with Crippen LogP contribution in [0.5, 0.6) is 0 Å². The molecule has 0 atom stereocenters. The minimum atomic E-state index is -0.163. The number of nitrogens with one attached hydrogen (secondary N) is 1. The average Bonchev–Trinajstić information content (AvgIpc) is 2.98. The third kappa shape index (κ3) is 4.96. The highest BCUT2D eigenvalue weighted by atomic mass is 32.2. The second-order valence-electron chi connectivity index (χ2n) is 6.07. The van der Waals surface area contributed by atoms with E-state index in [9.17, 15) is 4.79 Å². The van der Waals surface area contributed by atoms with Gasteiger partial charge in [-0.15, -0.1) is 16.8 Å². The number of carbonyl (C=O) groups excluding carboxylic acids is 1. The number of benzene rings is 1. The van der Waals surface area contributed by atoms with Crippen molar-refractivity contribution in [3.63, 3.8) is 0 Å². The van der Waals surface area contributed by atoms with Crippen molar-refractivity contribution in [3.05, 3.63) is 53.9 Å². The molecule has 2 aromatic rings. The van der Waals surface area contributed by atoms with E-state index in [2.05, 4.69) is 42.9 Å². The van der Waals surface area contributed by atoms with Gasteiger partial charge < -0.3 is 9.73 Å². The van der Waals surface area contributed by atoms with Crippen molar-refractivity contribution in [2.45, 2.75) is 38.0 Å². The molecule has 5 nitrogen and oxygen atoms in total. The summed E-state index contributed by atoms with van der Waals surface area (Å²) in [5.74, 6) is 0.925. The molecular formula is C17H21N3O2S. The monoisotopic (exact) mass is 331 g/mol. The summed E-state index contributed by atoms with van der Waals surface area (Å²) in [5.41, 5.74) is 1.87. The molecule has 0 spiro atoms. The van der Waals surface area contributed by atoms with Crippen LogP contribution >= 0.6 is 11.8 Å². The van der Waals surface area contributed by atoms with Crippen LogP contribution in [0.15, 0.2) is 46.6 Å². The first-order chi connectivity index (χ1) is 10.9. The third-order valence-corrected chi connectivity index (χ3v) is 4.00. The van der Waals surface area contributed by atoms with Crippen LogP contribution < -0.4 is 5.32 Å². The summed E-state index contributed by atoms with van der Waals surface area (Å²) in [7, 11) is 0. The molecule has 0 radical (unpaired) electrons. The van der Waals surface area contributed by atoms with E-state index in [-0.39, 0.29) is 17.9 Å². The van der Waals surface area contributed by atoms with Crippen molar-refractivity contribution in [1.82, 2.24) is 15.5 Å². The summed E-state index contributed by atoms with van der Waals surface area (Å²) in [6.45, 7) is 10.3. The predicted octanol–water partition coefficient (Wildman–Crippen LogP) is 3.58. The molecule has 0 aliphatic heterocycles. The van der Waals surface area contributed by atoms with Gasteiger partial charge in [-0.1, -0.05) is 50.7 Å². The van der Waals surface area contributed by atoms with Gasteiger partial charge in [-0.05, 0) is 23.1 Å². The lowest BCUT2D eigenvalue weighted by Crippen LogP contribution is -2.23. The summed E-state index contributed by atoms with van der Waals surface area (Å²) in [4.78, 5) is 12.1. The largest absolute Gasteiger partial charge is 0.414 e. The number of thioether (sulfide) groups is 1. The van der Waals surface area contributed by atoms with Crippen LogP contribution in [-0.4, -0.2) is 21.9 Å². The zero-order chi connectivity index (χ0) is 16.9. The molecular weight excluding hydrogens is 310 g/mol. The SMILES string of the molecule is C=CCSc1nnc(CNC(=O)c2ccc(C(C)(C)C)cc2)o1. The maximum atomic E-state index is 12.1. The van der Waals surface area contributed by atoms with Crippen LogP contribution in [0.4, 0.5) is 0 Å². The number of nitrogens with zero attached hydrogens (tertiary/aromatic N) is 2. The number of aromatic nitrogens is 2. The molecule has 0 unspecified atom stereocenters. The van der Waals surface area contributed by atoms with E-state index in [4.69, 9.17) is 4.42 Å². The molecule has 0 aliphatic carbocycles. The molecule has 0 saturated carbocycles. The van der Waals surface area contributed by atoms with Crippen molar-refractivity contribution >= 4 is 17.7 Å². The standard InChI is InChI=1S/C17H21N3O2S/c1-5-10-23-16-20-19-14(22-16)11-18-15(21)12-6-8-13(9-7-12)17(2,3)4/h5-9H,1,10-11H2,2-4H3,(H,18,21). The van der Waals surface area contributed by atoms with Gasteiger partial charge in [0.15, 0.2) is 0 Å². The molecule has 1 aromatic carbocycles. The van der Waals surface area contributed by atoms with E-state index in [1.54, 1.807) is 6.08 Å². The van der Waals surface area contributed by atoms with Crippen molar-refractivity contribution in [3.8, 4) is 0 Å². The number of amides is 1. The second-order valence-corrected chi connectivity index (χ2v) is 7.04. The first kappa shape index (κ1) is 17.3. The molecule has 0 bridgehead atoms. The van der Waals surface area contributed by atoms with Crippen molar-refractivity contribution < 1.29 is 9.21 Å². The van der Waals surface area contributed by atoms with Crippen LogP contribution in [0.1, 0.15) is 42.6 Å². The molecule has 1 amide bonds. The van der Waals surface area contributed by atoms with E-state index in [1.807, 2.05) is 24.3 Å². The zero-order valence-corrected chi connectivity index (χ0v) is 14.4. The highest BCUT2D eigenvalue weighted by Gasteiger charge is 2.14. The van der Waals surface area contributed by atoms with Gasteiger partial charge in [0.05, 0.1) is 6.54 Å². The normalized spacial score (nSPS) is 11.3. The van der Waals surface area contributed by atoms with Crippen LogP contribution in [0.2, 0.25) is 0 Å². The summed E-state index contributed by atoms with van der Waals surface area (Å²) in [6, 6.07) is 7.61. The van der Waals surface area contributed by atoms with Crippen LogP contribution in [0, 0.1) is 0 Å². The highest BCUT2D eigenvalue weighted by molar-refractivity contribution is 7.99.